The highest BCUT2D eigenvalue weighted by Crippen LogP contribution is 2.21. The first kappa shape index (κ1) is 20.9. The number of aryl methyl sites for hydroxylation is 3. The van der Waals surface area contributed by atoms with E-state index in [0.717, 1.165) is 29.8 Å². The molecule has 1 fully saturated rings. The van der Waals surface area contributed by atoms with E-state index in [9.17, 15) is 13.2 Å². The Kier molecular flexibility index (Phi) is 7.66. The number of hydrogen-bond donors (Lipinski definition) is 2. The van der Waals surface area contributed by atoms with Gasteiger partial charge in [0.15, 0.2) is 0 Å². The maximum atomic E-state index is 12.5. The van der Waals surface area contributed by atoms with Crippen LogP contribution in [-0.4, -0.2) is 51.9 Å². The highest BCUT2D eigenvalue weighted by Gasteiger charge is 2.21. The van der Waals surface area contributed by atoms with Crippen molar-refractivity contribution in [1.29, 1.82) is 0 Å². The van der Waals surface area contributed by atoms with Crippen molar-refractivity contribution in [3.05, 3.63) is 28.8 Å². The lowest BCUT2D eigenvalue weighted by atomic mass is 10.1. The lowest BCUT2D eigenvalue weighted by molar-refractivity contribution is -0.131. The molecule has 2 rings (SSSR count). The van der Waals surface area contributed by atoms with Crippen LogP contribution in [0.5, 0.6) is 0 Å². The van der Waals surface area contributed by atoms with Crippen molar-refractivity contribution in [3.63, 3.8) is 0 Å². The molecule has 1 aliphatic rings. The maximum absolute atomic E-state index is 12.5. The van der Waals surface area contributed by atoms with Crippen molar-refractivity contribution in [2.45, 2.75) is 32.1 Å². The van der Waals surface area contributed by atoms with E-state index >= 15 is 0 Å². The molecule has 1 aromatic rings. The molecule has 1 heterocycles. The van der Waals surface area contributed by atoms with Crippen LogP contribution >= 0.6 is 12.4 Å². The highest BCUT2D eigenvalue weighted by molar-refractivity contribution is 7.89. The van der Waals surface area contributed by atoms with E-state index in [-0.39, 0.29) is 31.3 Å². The zero-order valence-electron chi connectivity index (χ0n) is 14.4. The van der Waals surface area contributed by atoms with Gasteiger partial charge in [0.05, 0.1) is 4.90 Å². The minimum atomic E-state index is -3.60. The number of amides is 1. The zero-order valence-corrected chi connectivity index (χ0v) is 16.0. The third-order valence-electron chi connectivity index (χ3n) is 3.97. The van der Waals surface area contributed by atoms with Gasteiger partial charge in [-0.05, 0) is 31.9 Å². The van der Waals surface area contributed by atoms with Gasteiger partial charge in [-0.3, -0.25) is 4.79 Å². The van der Waals surface area contributed by atoms with Crippen LogP contribution in [0.15, 0.2) is 17.0 Å². The average molecular weight is 376 g/mol. The fourth-order valence-corrected chi connectivity index (χ4v) is 4.51. The fraction of sp³-hybridized carbons (Fsp3) is 0.562. The quantitative estimate of drug-likeness (QED) is 0.808. The Morgan fingerprint density at radius 1 is 1.17 bits per heavy atom. The molecule has 24 heavy (non-hydrogen) atoms. The molecule has 0 atom stereocenters. The number of carbonyl (C=O) groups is 1. The summed E-state index contributed by atoms with van der Waals surface area (Å²) in [7, 11) is -3.60. The largest absolute Gasteiger partial charge is 0.340 e. The maximum Gasteiger partial charge on any atom is 0.241 e. The number of halogens is 1. The molecular weight excluding hydrogens is 350 g/mol. The van der Waals surface area contributed by atoms with Gasteiger partial charge in [-0.1, -0.05) is 17.7 Å². The average Bonchev–Trinajstić information content (AvgIpc) is 2.46. The summed E-state index contributed by atoms with van der Waals surface area (Å²) in [4.78, 5) is 14.2. The molecule has 8 heteroatoms. The van der Waals surface area contributed by atoms with Gasteiger partial charge in [-0.15, -0.1) is 12.4 Å². The molecule has 6 nitrogen and oxygen atoms in total. The van der Waals surface area contributed by atoms with Crippen LogP contribution < -0.4 is 10.0 Å². The summed E-state index contributed by atoms with van der Waals surface area (Å²) in [6, 6.07) is 3.71. The van der Waals surface area contributed by atoms with Crippen molar-refractivity contribution in [1.82, 2.24) is 14.9 Å². The van der Waals surface area contributed by atoms with E-state index in [4.69, 9.17) is 0 Å². The number of nitrogens with one attached hydrogen (secondary N) is 2. The molecule has 2 N–H and O–H groups in total. The second-order valence-corrected chi connectivity index (χ2v) is 7.71. The molecule has 0 aromatic heterocycles. The Morgan fingerprint density at radius 2 is 1.71 bits per heavy atom. The number of benzene rings is 1. The summed E-state index contributed by atoms with van der Waals surface area (Å²) in [6.07, 6.45) is 0.184. The predicted octanol–water partition coefficient (Wildman–Crippen LogP) is 1.13. The van der Waals surface area contributed by atoms with E-state index in [1.165, 1.54) is 0 Å². The normalized spacial score (nSPS) is 15.0. The van der Waals surface area contributed by atoms with Crippen molar-refractivity contribution < 1.29 is 13.2 Å². The van der Waals surface area contributed by atoms with Crippen LogP contribution in [0.25, 0.3) is 0 Å². The fourth-order valence-electron chi connectivity index (χ4n) is 3.03. The molecule has 0 spiro atoms. The van der Waals surface area contributed by atoms with E-state index in [2.05, 4.69) is 10.0 Å². The van der Waals surface area contributed by atoms with Gasteiger partial charge in [0.2, 0.25) is 15.9 Å². The summed E-state index contributed by atoms with van der Waals surface area (Å²) in [5, 5.41) is 3.18. The number of sulfonamides is 1. The van der Waals surface area contributed by atoms with Crippen LogP contribution in [0.1, 0.15) is 23.1 Å². The molecule has 0 unspecified atom stereocenters. The van der Waals surface area contributed by atoms with Crippen LogP contribution in [0.4, 0.5) is 0 Å². The third kappa shape index (κ3) is 5.17. The van der Waals surface area contributed by atoms with Gasteiger partial charge < -0.3 is 10.2 Å². The van der Waals surface area contributed by atoms with Gasteiger partial charge >= 0.3 is 0 Å². The number of rotatable bonds is 5. The Balaban J connectivity index is 0.00000288. The molecule has 0 bridgehead atoms. The van der Waals surface area contributed by atoms with Crippen molar-refractivity contribution >= 4 is 28.3 Å². The van der Waals surface area contributed by atoms with Gasteiger partial charge in [0.25, 0.3) is 0 Å². The lowest BCUT2D eigenvalue weighted by Crippen LogP contribution is -2.47. The molecule has 1 amide bonds. The third-order valence-corrected chi connectivity index (χ3v) is 5.74. The Bertz CT molecular complexity index is 663. The van der Waals surface area contributed by atoms with E-state index < -0.39 is 10.0 Å². The van der Waals surface area contributed by atoms with Crippen LogP contribution in [0.2, 0.25) is 0 Å². The number of nitrogens with zero attached hydrogens (tertiary/aromatic N) is 1. The van der Waals surface area contributed by atoms with Crippen LogP contribution in [0.3, 0.4) is 0 Å². The second-order valence-electron chi connectivity index (χ2n) is 6.01. The molecule has 0 radical (unpaired) electrons. The Morgan fingerprint density at radius 3 is 2.25 bits per heavy atom. The molecular formula is C16H26ClN3O3S. The van der Waals surface area contributed by atoms with Crippen LogP contribution in [0, 0.1) is 20.8 Å². The second kappa shape index (κ2) is 8.80. The van der Waals surface area contributed by atoms with E-state index in [1.54, 1.807) is 18.7 Å². The van der Waals surface area contributed by atoms with Crippen LogP contribution in [-0.2, 0) is 14.8 Å². The minimum absolute atomic E-state index is 0. The number of piperazine rings is 1. The summed E-state index contributed by atoms with van der Waals surface area (Å²) in [6.45, 7) is 8.59. The number of hydrogen-bond acceptors (Lipinski definition) is 4. The van der Waals surface area contributed by atoms with E-state index in [0.29, 0.717) is 18.0 Å². The Labute approximate surface area is 150 Å². The first-order valence-corrected chi connectivity index (χ1v) is 9.35. The highest BCUT2D eigenvalue weighted by atomic mass is 35.5. The standard InChI is InChI=1S/C16H25N3O3S.ClH/c1-12-10-13(2)16(14(3)11-12)23(21,22)18-5-4-15(20)19-8-6-17-7-9-19;/h10-11,17-18H,4-9H2,1-3H3;1H. The van der Waals surface area contributed by atoms with Crippen molar-refractivity contribution in [2.24, 2.45) is 0 Å². The van der Waals surface area contributed by atoms with Crippen molar-refractivity contribution in [3.8, 4) is 0 Å². The summed E-state index contributed by atoms with van der Waals surface area (Å²) in [5.74, 6) is -0.00782. The van der Waals surface area contributed by atoms with Gasteiger partial charge in [0.1, 0.15) is 0 Å². The zero-order chi connectivity index (χ0) is 17.0. The van der Waals surface area contributed by atoms with Gasteiger partial charge in [-0.2, -0.15) is 0 Å². The molecule has 1 aromatic carbocycles. The molecule has 136 valence electrons. The topological polar surface area (TPSA) is 78.5 Å². The summed E-state index contributed by atoms with van der Waals surface area (Å²) >= 11 is 0. The van der Waals surface area contributed by atoms with E-state index in [1.807, 2.05) is 19.1 Å². The summed E-state index contributed by atoms with van der Waals surface area (Å²) < 4.78 is 27.5. The first-order chi connectivity index (χ1) is 10.8. The molecule has 0 saturated carbocycles. The molecule has 1 saturated heterocycles. The smallest absolute Gasteiger partial charge is 0.241 e. The number of carbonyl (C=O) groups excluding carboxylic acids is 1. The van der Waals surface area contributed by atoms with Gasteiger partial charge in [0, 0.05) is 39.1 Å². The predicted molar refractivity (Wildman–Crippen MR) is 97.2 cm³/mol. The molecule has 1 aliphatic heterocycles. The minimum Gasteiger partial charge on any atom is -0.340 e. The SMILES string of the molecule is Cc1cc(C)c(S(=O)(=O)NCCC(=O)N2CCNCC2)c(C)c1.Cl. The molecule has 0 aliphatic carbocycles. The van der Waals surface area contributed by atoms with Gasteiger partial charge in [-0.25, -0.2) is 13.1 Å². The monoisotopic (exact) mass is 375 g/mol. The lowest BCUT2D eigenvalue weighted by Gasteiger charge is -2.27. The van der Waals surface area contributed by atoms with Crippen molar-refractivity contribution in [2.75, 3.05) is 32.7 Å². The summed E-state index contributed by atoms with van der Waals surface area (Å²) in [5.41, 5.74) is 2.49. The first-order valence-electron chi connectivity index (χ1n) is 7.87. The Hall–Kier alpha value is -1.15.